The number of aromatic nitrogens is 1. The van der Waals surface area contributed by atoms with Crippen molar-refractivity contribution in [2.45, 2.75) is 65.7 Å². The number of nitrogens with zero attached hydrogens (tertiary/aromatic N) is 2. The van der Waals surface area contributed by atoms with Crippen LogP contribution in [0.1, 0.15) is 51.9 Å². The number of hydrogen-bond donors (Lipinski definition) is 1. The first kappa shape index (κ1) is 15.5. The molecule has 0 bridgehead atoms. The van der Waals surface area contributed by atoms with Gasteiger partial charge >= 0.3 is 0 Å². The van der Waals surface area contributed by atoms with Crippen molar-refractivity contribution in [2.75, 3.05) is 6.54 Å². The number of hydrogen-bond acceptors (Lipinski definition) is 3. The summed E-state index contributed by atoms with van der Waals surface area (Å²) in [5.74, 6) is 0.724. The predicted molar refractivity (Wildman–Crippen MR) is 84.5 cm³/mol. The number of pyridine rings is 1. The molecule has 3 heteroatoms. The second-order valence-electron chi connectivity index (χ2n) is 6.71. The molecule has 20 heavy (non-hydrogen) atoms. The maximum absolute atomic E-state index is 4.80. The molecule has 1 heterocycles. The predicted octanol–water partition coefficient (Wildman–Crippen LogP) is 3.20. The maximum atomic E-state index is 4.80. The smallest absolute Gasteiger partial charge is 0.0547 e. The Morgan fingerprint density at radius 3 is 2.50 bits per heavy atom. The van der Waals surface area contributed by atoms with Gasteiger partial charge in [-0.25, -0.2) is 0 Å². The van der Waals surface area contributed by atoms with Gasteiger partial charge in [0.1, 0.15) is 0 Å². The Kier molecular flexibility index (Phi) is 5.55. The second kappa shape index (κ2) is 7.19. The van der Waals surface area contributed by atoms with Gasteiger partial charge in [-0.05, 0) is 30.9 Å². The van der Waals surface area contributed by atoms with Crippen molar-refractivity contribution in [1.82, 2.24) is 15.2 Å². The van der Waals surface area contributed by atoms with Gasteiger partial charge in [-0.1, -0.05) is 33.8 Å². The summed E-state index contributed by atoms with van der Waals surface area (Å²) in [7, 11) is 0. The Labute approximate surface area is 123 Å². The van der Waals surface area contributed by atoms with Gasteiger partial charge in [0.25, 0.3) is 0 Å². The largest absolute Gasteiger partial charge is 0.309 e. The molecule has 0 spiro atoms. The molecule has 2 rings (SSSR count). The van der Waals surface area contributed by atoms with Crippen LogP contribution < -0.4 is 5.32 Å². The fraction of sp³-hybridized carbons (Fsp3) is 0.706. The van der Waals surface area contributed by atoms with Crippen LogP contribution >= 0.6 is 0 Å². The molecule has 1 aliphatic carbocycles. The van der Waals surface area contributed by atoms with Gasteiger partial charge in [0.15, 0.2) is 0 Å². The monoisotopic (exact) mass is 275 g/mol. The van der Waals surface area contributed by atoms with E-state index in [2.05, 4.69) is 56.1 Å². The van der Waals surface area contributed by atoms with Crippen molar-refractivity contribution in [3.05, 3.63) is 29.6 Å². The summed E-state index contributed by atoms with van der Waals surface area (Å²) in [4.78, 5) is 7.40. The first-order valence-corrected chi connectivity index (χ1v) is 7.97. The highest BCUT2D eigenvalue weighted by Crippen LogP contribution is 2.28. The Bertz CT molecular complexity index is 410. The molecule has 0 saturated heterocycles. The molecule has 1 aromatic rings. The van der Waals surface area contributed by atoms with E-state index in [0.29, 0.717) is 6.04 Å². The summed E-state index contributed by atoms with van der Waals surface area (Å²) in [6.07, 6.45) is 2.72. The van der Waals surface area contributed by atoms with Crippen LogP contribution in [0.4, 0.5) is 0 Å². The standard InChI is InChI=1S/C17H29N3/c1-13(2)11-20(17-8-9-17)12-16-7-5-6-15(19-16)10-18-14(3)4/h5-7,13-14,17-18H,8-12H2,1-4H3. The Hall–Kier alpha value is -0.930. The molecule has 0 radical (unpaired) electrons. The third-order valence-corrected chi connectivity index (χ3v) is 3.58. The van der Waals surface area contributed by atoms with Gasteiger partial charge in [-0.2, -0.15) is 0 Å². The average molecular weight is 275 g/mol. The molecular weight excluding hydrogens is 246 g/mol. The van der Waals surface area contributed by atoms with E-state index in [1.165, 1.54) is 25.1 Å². The molecule has 1 N–H and O–H groups in total. The van der Waals surface area contributed by atoms with Gasteiger partial charge in [-0.15, -0.1) is 0 Å². The highest BCUT2D eigenvalue weighted by atomic mass is 15.2. The molecule has 0 aromatic carbocycles. The third kappa shape index (κ3) is 5.22. The number of nitrogens with one attached hydrogen (secondary N) is 1. The van der Waals surface area contributed by atoms with E-state index >= 15 is 0 Å². The van der Waals surface area contributed by atoms with Crippen molar-refractivity contribution in [2.24, 2.45) is 5.92 Å². The summed E-state index contributed by atoms with van der Waals surface area (Å²) >= 11 is 0. The van der Waals surface area contributed by atoms with E-state index in [9.17, 15) is 0 Å². The van der Waals surface area contributed by atoms with Crippen LogP contribution in [0.25, 0.3) is 0 Å². The minimum Gasteiger partial charge on any atom is -0.309 e. The summed E-state index contributed by atoms with van der Waals surface area (Å²) in [5, 5.41) is 3.43. The van der Waals surface area contributed by atoms with E-state index in [4.69, 9.17) is 4.98 Å². The highest BCUT2D eigenvalue weighted by Gasteiger charge is 2.29. The molecule has 3 nitrogen and oxygen atoms in total. The molecule has 0 unspecified atom stereocenters. The fourth-order valence-electron chi connectivity index (χ4n) is 2.48. The maximum Gasteiger partial charge on any atom is 0.0547 e. The van der Waals surface area contributed by atoms with Gasteiger partial charge in [-0.3, -0.25) is 9.88 Å². The molecule has 1 aromatic heterocycles. The SMILES string of the molecule is CC(C)CN(Cc1cccc(CNC(C)C)n1)C1CC1. The number of rotatable bonds is 8. The Morgan fingerprint density at radius 1 is 1.20 bits per heavy atom. The molecule has 0 amide bonds. The van der Waals surface area contributed by atoms with E-state index in [-0.39, 0.29) is 0 Å². The zero-order chi connectivity index (χ0) is 14.5. The minimum atomic E-state index is 0.504. The van der Waals surface area contributed by atoms with E-state index < -0.39 is 0 Å². The highest BCUT2D eigenvalue weighted by molar-refractivity contribution is 5.11. The van der Waals surface area contributed by atoms with Crippen LogP contribution in [0, 0.1) is 5.92 Å². The first-order chi connectivity index (χ1) is 9.54. The Balaban J connectivity index is 1.95. The topological polar surface area (TPSA) is 28.2 Å². The van der Waals surface area contributed by atoms with Crippen LogP contribution in [0.15, 0.2) is 18.2 Å². The lowest BCUT2D eigenvalue weighted by molar-refractivity contribution is 0.223. The zero-order valence-corrected chi connectivity index (χ0v) is 13.4. The van der Waals surface area contributed by atoms with Crippen LogP contribution in [-0.2, 0) is 13.1 Å². The fourth-order valence-corrected chi connectivity index (χ4v) is 2.48. The molecular formula is C17H29N3. The molecule has 0 atom stereocenters. The summed E-state index contributed by atoms with van der Waals surface area (Å²) < 4.78 is 0. The van der Waals surface area contributed by atoms with Gasteiger partial charge in [0, 0.05) is 31.7 Å². The second-order valence-corrected chi connectivity index (χ2v) is 6.71. The summed E-state index contributed by atoms with van der Waals surface area (Å²) in [5.41, 5.74) is 2.36. The molecule has 112 valence electrons. The van der Waals surface area contributed by atoms with Crippen molar-refractivity contribution >= 4 is 0 Å². The van der Waals surface area contributed by atoms with Crippen molar-refractivity contribution in [3.63, 3.8) is 0 Å². The van der Waals surface area contributed by atoms with Crippen LogP contribution in [-0.4, -0.2) is 28.5 Å². The summed E-state index contributed by atoms with van der Waals surface area (Å²) in [6, 6.07) is 7.72. The quantitative estimate of drug-likeness (QED) is 0.789. The normalized spacial score (nSPS) is 15.6. The van der Waals surface area contributed by atoms with Gasteiger partial charge < -0.3 is 5.32 Å². The third-order valence-electron chi connectivity index (χ3n) is 3.58. The first-order valence-electron chi connectivity index (χ1n) is 7.97. The van der Waals surface area contributed by atoms with Crippen LogP contribution in [0.3, 0.4) is 0 Å². The lowest BCUT2D eigenvalue weighted by Gasteiger charge is -2.23. The van der Waals surface area contributed by atoms with E-state index in [0.717, 1.165) is 30.7 Å². The molecule has 1 aliphatic rings. The average Bonchev–Trinajstić information content (AvgIpc) is 3.20. The Morgan fingerprint density at radius 2 is 1.90 bits per heavy atom. The van der Waals surface area contributed by atoms with Crippen molar-refractivity contribution in [3.8, 4) is 0 Å². The summed E-state index contributed by atoms with van der Waals surface area (Å²) in [6.45, 7) is 12.0. The van der Waals surface area contributed by atoms with Crippen molar-refractivity contribution < 1.29 is 0 Å². The van der Waals surface area contributed by atoms with Gasteiger partial charge in [0.05, 0.1) is 11.4 Å². The lowest BCUT2D eigenvalue weighted by Crippen LogP contribution is -2.30. The van der Waals surface area contributed by atoms with Crippen LogP contribution in [0.2, 0.25) is 0 Å². The lowest BCUT2D eigenvalue weighted by atomic mass is 10.2. The molecule has 0 aliphatic heterocycles. The van der Waals surface area contributed by atoms with Crippen LogP contribution in [0.5, 0.6) is 0 Å². The zero-order valence-electron chi connectivity index (χ0n) is 13.4. The van der Waals surface area contributed by atoms with E-state index in [1.807, 2.05) is 0 Å². The van der Waals surface area contributed by atoms with Crippen molar-refractivity contribution in [1.29, 1.82) is 0 Å². The van der Waals surface area contributed by atoms with E-state index in [1.54, 1.807) is 0 Å². The molecule has 1 saturated carbocycles. The molecule has 1 fully saturated rings. The minimum absolute atomic E-state index is 0.504. The van der Waals surface area contributed by atoms with Gasteiger partial charge in [0.2, 0.25) is 0 Å².